The molecule has 4 rings (SSSR count). The average molecular weight is 540 g/mol. The van der Waals surface area contributed by atoms with Gasteiger partial charge in [0.25, 0.3) is 0 Å². The summed E-state index contributed by atoms with van der Waals surface area (Å²) in [6, 6.07) is 12.7. The minimum absolute atomic E-state index is 0. The number of hydrogen-bond donors (Lipinski definition) is 2. The molecule has 2 fully saturated rings. The molecule has 0 atom stereocenters. The third-order valence-corrected chi connectivity index (χ3v) is 6.33. The summed E-state index contributed by atoms with van der Waals surface area (Å²) in [6.45, 7) is 6.69. The molecule has 2 aliphatic rings. The summed E-state index contributed by atoms with van der Waals surface area (Å²) in [5.41, 5.74) is 2.30. The summed E-state index contributed by atoms with van der Waals surface area (Å²) in [5.74, 6) is 1.04. The molecule has 162 valence electrons. The van der Waals surface area contributed by atoms with E-state index in [1.165, 1.54) is 10.6 Å². The first-order valence-electron chi connectivity index (χ1n) is 10.1. The Kier molecular flexibility index (Phi) is 8.20. The predicted octanol–water partition coefficient (Wildman–Crippen LogP) is 2.20. The van der Waals surface area contributed by atoms with Crippen molar-refractivity contribution in [3.05, 3.63) is 47.3 Å². The molecule has 1 aromatic carbocycles. The van der Waals surface area contributed by atoms with Crippen molar-refractivity contribution >= 4 is 57.9 Å². The zero-order valence-corrected chi connectivity index (χ0v) is 20.4. The molecule has 2 aliphatic heterocycles. The summed E-state index contributed by atoms with van der Waals surface area (Å²) in [4.78, 5) is 22.9. The highest BCUT2D eigenvalue weighted by Crippen LogP contribution is 2.22. The van der Waals surface area contributed by atoms with Crippen LogP contribution in [0.5, 0.6) is 0 Å². The molecule has 3 heterocycles. The third-order valence-electron chi connectivity index (χ3n) is 5.40. The normalized spacial score (nSPS) is 17.4. The predicted molar refractivity (Wildman–Crippen MR) is 135 cm³/mol. The lowest BCUT2D eigenvalue weighted by Gasteiger charge is -2.37. The van der Waals surface area contributed by atoms with E-state index in [-0.39, 0.29) is 29.9 Å². The third kappa shape index (κ3) is 5.57. The topological polar surface area (TPSA) is 63.2 Å². The maximum absolute atomic E-state index is 11.6. The van der Waals surface area contributed by atoms with E-state index in [2.05, 4.69) is 72.1 Å². The van der Waals surface area contributed by atoms with Gasteiger partial charge in [0.1, 0.15) is 0 Å². The molecule has 30 heavy (non-hydrogen) atoms. The van der Waals surface area contributed by atoms with Crippen LogP contribution in [-0.4, -0.2) is 69.6 Å². The number of amides is 1. The van der Waals surface area contributed by atoms with Crippen LogP contribution in [0.1, 0.15) is 5.56 Å². The number of carbonyl (C=O) groups excluding carboxylic acids is 1. The Bertz CT molecular complexity index is 834. The fourth-order valence-electron chi connectivity index (χ4n) is 3.79. The number of nitrogens with zero attached hydrogens (tertiary/aromatic N) is 4. The van der Waals surface area contributed by atoms with Crippen LogP contribution in [0.3, 0.4) is 0 Å². The van der Waals surface area contributed by atoms with E-state index in [4.69, 9.17) is 0 Å². The van der Waals surface area contributed by atoms with Crippen LogP contribution >= 0.6 is 35.3 Å². The second kappa shape index (κ2) is 10.9. The van der Waals surface area contributed by atoms with Crippen molar-refractivity contribution in [2.75, 3.05) is 62.7 Å². The highest BCUT2D eigenvalue weighted by molar-refractivity contribution is 14.0. The number of anilines is 2. The van der Waals surface area contributed by atoms with Gasteiger partial charge < -0.3 is 25.3 Å². The maximum Gasteiger partial charge on any atom is 0.239 e. The Morgan fingerprint density at radius 2 is 1.87 bits per heavy atom. The first-order valence-corrected chi connectivity index (χ1v) is 11.0. The van der Waals surface area contributed by atoms with E-state index >= 15 is 0 Å². The minimum Gasteiger partial charge on any atom is -0.360 e. The first-order chi connectivity index (χ1) is 14.2. The number of hydrogen-bond acceptors (Lipinski definition) is 5. The van der Waals surface area contributed by atoms with Crippen LogP contribution in [0, 0.1) is 0 Å². The molecular weight excluding hydrogens is 511 g/mol. The summed E-state index contributed by atoms with van der Waals surface area (Å²) in [7, 11) is 1.85. The van der Waals surface area contributed by atoms with Gasteiger partial charge in [-0.15, -0.1) is 35.3 Å². The molecule has 1 aromatic heterocycles. The molecular formula is C21H29IN6OS. The molecule has 0 bridgehead atoms. The number of aliphatic imine (C=N–C) groups is 1. The van der Waals surface area contributed by atoms with E-state index in [0.29, 0.717) is 13.1 Å². The average Bonchev–Trinajstić information content (AvgIpc) is 3.30. The Morgan fingerprint density at radius 3 is 2.50 bits per heavy atom. The number of benzene rings is 1. The molecule has 1 amide bonds. The van der Waals surface area contributed by atoms with Crippen LogP contribution in [0.4, 0.5) is 10.7 Å². The molecule has 2 aromatic rings. The van der Waals surface area contributed by atoms with E-state index in [1.807, 2.05) is 7.05 Å². The molecule has 9 heteroatoms. The summed E-state index contributed by atoms with van der Waals surface area (Å²) in [6.07, 6.45) is 0. The van der Waals surface area contributed by atoms with Crippen molar-refractivity contribution < 1.29 is 4.79 Å². The van der Waals surface area contributed by atoms with Crippen LogP contribution in [0.15, 0.2) is 46.8 Å². The minimum atomic E-state index is 0. The van der Waals surface area contributed by atoms with E-state index in [0.717, 1.165) is 50.9 Å². The quantitative estimate of drug-likeness (QED) is 0.354. The van der Waals surface area contributed by atoms with Crippen molar-refractivity contribution in [1.82, 2.24) is 15.5 Å². The second-order valence-corrected chi connectivity index (χ2v) is 8.19. The standard InChI is InChI=1S/C21H28N6OS.HI/c1-22-21(26-12-10-25(11-13-26)20-3-2-14-29-20)24-15-17-4-6-18(7-5-17)27-9-8-23-19(28)16-27;/h2-7,14H,8-13,15-16H2,1H3,(H,22,24)(H,23,28);1H. The number of thiophene rings is 1. The van der Waals surface area contributed by atoms with E-state index in [9.17, 15) is 4.79 Å². The van der Waals surface area contributed by atoms with E-state index in [1.54, 1.807) is 11.3 Å². The number of nitrogens with one attached hydrogen (secondary N) is 2. The zero-order chi connectivity index (χ0) is 20.1. The lowest BCUT2D eigenvalue weighted by molar-refractivity contribution is -0.120. The number of piperazine rings is 2. The Labute approximate surface area is 199 Å². The fourth-order valence-corrected chi connectivity index (χ4v) is 4.57. The van der Waals surface area contributed by atoms with Crippen LogP contribution in [0.2, 0.25) is 0 Å². The molecule has 0 unspecified atom stereocenters. The zero-order valence-electron chi connectivity index (χ0n) is 17.2. The van der Waals surface area contributed by atoms with Crippen molar-refractivity contribution in [1.29, 1.82) is 0 Å². The summed E-state index contributed by atoms with van der Waals surface area (Å²) in [5, 5.41) is 9.84. The van der Waals surface area contributed by atoms with Gasteiger partial charge in [0.15, 0.2) is 5.96 Å². The highest BCUT2D eigenvalue weighted by Gasteiger charge is 2.20. The first kappa shape index (κ1) is 22.7. The van der Waals surface area contributed by atoms with Crippen molar-refractivity contribution in [3.63, 3.8) is 0 Å². The van der Waals surface area contributed by atoms with E-state index < -0.39 is 0 Å². The van der Waals surface area contributed by atoms with Crippen LogP contribution in [-0.2, 0) is 11.3 Å². The SMILES string of the molecule is CN=C(NCc1ccc(N2CCNC(=O)C2)cc1)N1CCN(c2cccs2)CC1.I. The van der Waals surface area contributed by atoms with Crippen LogP contribution in [0.25, 0.3) is 0 Å². The number of carbonyl (C=O) groups is 1. The van der Waals surface area contributed by atoms with Crippen molar-refractivity contribution in [3.8, 4) is 0 Å². The smallest absolute Gasteiger partial charge is 0.239 e. The molecule has 2 saturated heterocycles. The van der Waals surface area contributed by atoms with Crippen molar-refractivity contribution in [2.45, 2.75) is 6.54 Å². The lowest BCUT2D eigenvalue weighted by atomic mass is 10.2. The Hall–Kier alpha value is -2.01. The van der Waals surface area contributed by atoms with Gasteiger partial charge in [-0.1, -0.05) is 12.1 Å². The van der Waals surface area contributed by atoms with Gasteiger partial charge in [0.2, 0.25) is 5.91 Å². The summed E-state index contributed by atoms with van der Waals surface area (Å²) >= 11 is 1.80. The number of guanidine groups is 1. The second-order valence-electron chi connectivity index (χ2n) is 7.26. The van der Waals surface area contributed by atoms with Gasteiger partial charge in [-0.2, -0.15) is 0 Å². The molecule has 0 saturated carbocycles. The molecule has 0 radical (unpaired) electrons. The van der Waals surface area contributed by atoms with Gasteiger partial charge in [-0.05, 0) is 35.2 Å². The van der Waals surface area contributed by atoms with Gasteiger partial charge in [-0.25, -0.2) is 0 Å². The van der Waals surface area contributed by atoms with Gasteiger partial charge in [0, 0.05) is 58.5 Å². The lowest BCUT2D eigenvalue weighted by Crippen LogP contribution is -2.52. The van der Waals surface area contributed by atoms with Gasteiger partial charge in [-0.3, -0.25) is 9.79 Å². The highest BCUT2D eigenvalue weighted by atomic mass is 127. The maximum atomic E-state index is 11.6. The molecule has 0 aliphatic carbocycles. The molecule has 2 N–H and O–H groups in total. The van der Waals surface area contributed by atoms with Gasteiger partial charge >= 0.3 is 0 Å². The largest absolute Gasteiger partial charge is 0.360 e. The van der Waals surface area contributed by atoms with Crippen molar-refractivity contribution in [2.24, 2.45) is 4.99 Å². The monoisotopic (exact) mass is 540 g/mol. The summed E-state index contributed by atoms with van der Waals surface area (Å²) < 4.78 is 0. The van der Waals surface area contributed by atoms with Gasteiger partial charge in [0.05, 0.1) is 11.5 Å². The number of halogens is 1. The molecule has 0 spiro atoms. The molecule has 7 nitrogen and oxygen atoms in total. The Balaban J connectivity index is 0.00000256. The van der Waals surface area contributed by atoms with Crippen LogP contribution < -0.4 is 20.4 Å². The Morgan fingerprint density at radius 1 is 1.10 bits per heavy atom. The fraction of sp³-hybridized carbons (Fsp3) is 0.429. The number of rotatable bonds is 4.